The van der Waals surface area contributed by atoms with Gasteiger partial charge in [0.25, 0.3) is 0 Å². The summed E-state index contributed by atoms with van der Waals surface area (Å²) < 4.78 is 4.27. The van der Waals surface area contributed by atoms with Crippen LogP contribution in [0.1, 0.15) is 22.0 Å². The number of ether oxygens (including phenoxy) is 1. The number of hydrogen-bond donors (Lipinski definition) is 4. The summed E-state index contributed by atoms with van der Waals surface area (Å²) in [6.45, 7) is 0. The Hall–Kier alpha value is -2.12. The maximum atomic E-state index is 11.1. The largest absolute Gasteiger partial charge is 0.478 e. The van der Waals surface area contributed by atoms with Crippen LogP contribution >= 0.6 is 0 Å². The van der Waals surface area contributed by atoms with E-state index in [-0.39, 0.29) is 16.8 Å². The molecule has 0 radical (unpaired) electrons. The first kappa shape index (κ1) is 13.9. The van der Waals surface area contributed by atoms with Crippen LogP contribution in [0.4, 0.5) is 5.69 Å². The lowest BCUT2D eigenvalue weighted by Gasteiger charge is -2.18. The first-order valence-corrected chi connectivity index (χ1v) is 4.95. The predicted molar refractivity (Wildman–Crippen MR) is 60.8 cm³/mol. The zero-order valence-corrected chi connectivity index (χ0v) is 9.53. The number of methoxy groups -OCH3 is 1. The Kier molecular flexibility index (Phi) is 4.24. The van der Waals surface area contributed by atoms with Gasteiger partial charge in [0.05, 0.1) is 12.7 Å². The molecule has 98 valence electrons. The Balaban J connectivity index is 3.11. The number of carbonyl (C=O) groups excluding carboxylic acids is 1. The van der Waals surface area contributed by atoms with Gasteiger partial charge in [0.15, 0.2) is 6.10 Å². The van der Waals surface area contributed by atoms with Gasteiger partial charge in [0, 0.05) is 11.3 Å². The SMILES string of the molecule is COC(=O)C(O)C(O)c1cc(C(=O)O)ccc1N. The van der Waals surface area contributed by atoms with Crippen molar-refractivity contribution in [1.82, 2.24) is 0 Å². The van der Waals surface area contributed by atoms with E-state index in [4.69, 9.17) is 10.8 Å². The summed E-state index contributed by atoms with van der Waals surface area (Å²) in [6.07, 6.45) is -3.49. The van der Waals surface area contributed by atoms with Gasteiger partial charge in [-0.2, -0.15) is 0 Å². The second-order valence-corrected chi connectivity index (χ2v) is 3.56. The van der Waals surface area contributed by atoms with Crippen molar-refractivity contribution in [3.63, 3.8) is 0 Å². The number of nitrogens with two attached hydrogens (primary N) is 1. The van der Waals surface area contributed by atoms with Gasteiger partial charge in [-0.15, -0.1) is 0 Å². The number of carboxylic acid groups (broad SMARTS) is 1. The third-order valence-corrected chi connectivity index (χ3v) is 2.39. The second kappa shape index (κ2) is 5.48. The lowest BCUT2D eigenvalue weighted by Crippen LogP contribution is -2.29. The van der Waals surface area contributed by atoms with Crippen molar-refractivity contribution in [2.45, 2.75) is 12.2 Å². The van der Waals surface area contributed by atoms with Crippen molar-refractivity contribution >= 4 is 17.6 Å². The fourth-order valence-electron chi connectivity index (χ4n) is 1.38. The fraction of sp³-hybridized carbons (Fsp3) is 0.273. The maximum absolute atomic E-state index is 11.1. The van der Waals surface area contributed by atoms with Crippen LogP contribution in [0.2, 0.25) is 0 Å². The van der Waals surface area contributed by atoms with E-state index in [0.29, 0.717) is 0 Å². The lowest BCUT2D eigenvalue weighted by atomic mass is 10.00. The van der Waals surface area contributed by atoms with Crippen molar-refractivity contribution in [3.05, 3.63) is 29.3 Å². The molecule has 5 N–H and O–H groups in total. The molecule has 7 nitrogen and oxygen atoms in total. The van der Waals surface area contributed by atoms with Gasteiger partial charge in [-0.3, -0.25) is 0 Å². The molecule has 2 atom stereocenters. The van der Waals surface area contributed by atoms with Gasteiger partial charge in [0.1, 0.15) is 6.10 Å². The smallest absolute Gasteiger partial charge is 0.337 e. The molecule has 0 saturated carbocycles. The Labute approximate surface area is 102 Å². The maximum Gasteiger partial charge on any atom is 0.337 e. The normalized spacial score (nSPS) is 13.7. The monoisotopic (exact) mass is 255 g/mol. The molecule has 0 heterocycles. The molecule has 18 heavy (non-hydrogen) atoms. The average Bonchev–Trinajstić information content (AvgIpc) is 2.36. The Morgan fingerprint density at radius 1 is 1.33 bits per heavy atom. The number of hydrogen-bond acceptors (Lipinski definition) is 6. The molecule has 0 aliphatic carbocycles. The molecule has 2 unspecified atom stereocenters. The van der Waals surface area contributed by atoms with Crippen LogP contribution < -0.4 is 5.73 Å². The molecule has 0 saturated heterocycles. The minimum Gasteiger partial charge on any atom is -0.478 e. The molecule has 7 heteroatoms. The van der Waals surface area contributed by atoms with Crippen molar-refractivity contribution in [3.8, 4) is 0 Å². The summed E-state index contributed by atoms with van der Waals surface area (Å²) >= 11 is 0. The molecular weight excluding hydrogens is 242 g/mol. The summed E-state index contributed by atoms with van der Waals surface area (Å²) in [5, 5.41) is 28.0. The minimum atomic E-state index is -1.83. The van der Waals surface area contributed by atoms with Crippen molar-refractivity contribution < 1.29 is 29.6 Å². The van der Waals surface area contributed by atoms with E-state index in [0.717, 1.165) is 13.2 Å². The number of aliphatic hydroxyl groups excluding tert-OH is 2. The van der Waals surface area contributed by atoms with E-state index in [1.807, 2.05) is 0 Å². The van der Waals surface area contributed by atoms with Gasteiger partial charge in [-0.25, -0.2) is 9.59 Å². The van der Waals surface area contributed by atoms with Crippen molar-refractivity contribution in [1.29, 1.82) is 0 Å². The number of rotatable bonds is 4. The zero-order valence-electron chi connectivity index (χ0n) is 9.53. The van der Waals surface area contributed by atoms with Crippen molar-refractivity contribution in [2.75, 3.05) is 12.8 Å². The number of esters is 1. The standard InChI is InChI=1S/C11H13NO6/c1-18-11(17)9(14)8(13)6-4-5(10(15)16)2-3-7(6)12/h2-4,8-9,13-14H,12H2,1H3,(H,15,16). The number of aromatic carboxylic acids is 1. The molecule has 0 aliphatic heterocycles. The van der Waals surface area contributed by atoms with Crippen LogP contribution in [0, 0.1) is 0 Å². The number of benzene rings is 1. The van der Waals surface area contributed by atoms with E-state index in [9.17, 15) is 19.8 Å². The van der Waals surface area contributed by atoms with Crippen LogP contribution in [0.3, 0.4) is 0 Å². The minimum absolute atomic E-state index is 0.0483. The molecule has 0 bridgehead atoms. The number of anilines is 1. The Morgan fingerprint density at radius 2 is 1.94 bits per heavy atom. The van der Waals surface area contributed by atoms with Crippen LogP contribution in [-0.4, -0.2) is 40.5 Å². The highest BCUT2D eigenvalue weighted by atomic mass is 16.5. The number of carbonyl (C=O) groups is 2. The zero-order chi connectivity index (χ0) is 13.9. The number of nitrogen functional groups attached to an aromatic ring is 1. The van der Waals surface area contributed by atoms with E-state index >= 15 is 0 Å². The quantitative estimate of drug-likeness (QED) is 0.422. The summed E-state index contributed by atoms with van der Waals surface area (Å²) in [7, 11) is 1.05. The highest BCUT2D eigenvalue weighted by Crippen LogP contribution is 2.25. The summed E-state index contributed by atoms with van der Waals surface area (Å²) in [4.78, 5) is 21.8. The molecule has 0 aliphatic rings. The topological polar surface area (TPSA) is 130 Å². The second-order valence-electron chi connectivity index (χ2n) is 3.56. The lowest BCUT2D eigenvalue weighted by molar-refractivity contribution is -0.156. The summed E-state index contributed by atoms with van der Waals surface area (Å²) in [6, 6.07) is 3.61. The van der Waals surface area contributed by atoms with Crippen molar-refractivity contribution in [2.24, 2.45) is 0 Å². The Morgan fingerprint density at radius 3 is 2.44 bits per heavy atom. The first-order valence-electron chi connectivity index (χ1n) is 4.95. The van der Waals surface area contributed by atoms with Crippen LogP contribution in [0.5, 0.6) is 0 Å². The van der Waals surface area contributed by atoms with Gasteiger partial charge in [-0.05, 0) is 18.2 Å². The van der Waals surface area contributed by atoms with Gasteiger partial charge in [-0.1, -0.05) is 0 Å². The van der Waals surface area contributed by atoms with Crippen LogP contribution in [-0.2, 0) is 9.53 Å². The van der Waals surface area contributed by atoms with Crippen LogP contribution in [0.15, 0.2) is 18.2 Å². The molecule has 0 fully saturated rings. The van der Waals surface area contributed by atoms with E-state index < -0.39 is 24.1 Å². The molecule has 1 aromatic carbocycles. The van der Waals surface area contributed by atoms with E-state index in [1.54, 1.807) is 0 Å². The number of aliphatic hydroxyl groups is 2. The van der Waals surface area contributed by atoms with Gasteiger partial charge < -0.3 is 25.8 Å². The molecule has 1 aromatic rings. The summed E-state index contributed by atoms with van der Waals surface area (Å²) in [5.74, 6) is -2.25. The van der Waals surface area contributed by atoms with Crippen LogP contribution in [0.25, 0.3) is 0 Å². The highest BCUT2D eigenvalue weighted by Gasteiger charge is 2.28. The van der Waals surface area contributed by atoms with E-state index in [1.165, 1.54) is 12.1 Å². The fourth-order valence-corrected chi connectivity index (χ4v) is 1.38. The van der Waals surface area contributed by atoms with Gasteiger partial charge >= 0.3 is 11.9 Å². The Bertz CT molecular complexity index is 473. The molecule has 1 rings (SSSR count). The molecule has 0 amide bonds. The number of carboxylic acids is 1. The molecular formula is C11H13NO6. The summed E-state index contributed by atoms with van der Waals surface area (Å²) in [5.41, 5.74) is 5.46. The molecule has 0 spiro atoms. The predicted octanol–water partition coefficient (Wildman–Crippen LogP) is -0.466. The third-order valence-electron chi connectivity index (χ3n) is 2.39. The molecule has 0 aromatic heterocycles. The third kappa shape index (κ3) is 2.76. The first-order chi connectivity index (χ1) is 8.38. The average molecular weight is 255 g/mol. The van der Waals surface area contributed by atoms with E-state index in [2.05, 4.69) is 4.74 Å². The van der Waals surface area contributed by atoms with Gasteiger partial charge in [0.2, 0.25) is 0 Å². The highest BCUT2D eigenvalue weighted by molar-refractivity contribution is 5.88.